The predicted octanol–water partition coefficient (Wildman–Crippen LogP) is -2.08. The molecule has 0 aliphatic carbocycles. The van der Waals surface area contributed by atoms with Crippen molar-refractivity contribution in [2.75, 3.05) is 0 Å². The van der Waals surface area contributed by atoms with E-state index in [-0.39, 0.29) is 17.1 Å². The van der Waals surface area contributed by atoms with E-state index >= 15 is 0 Å². The Morgan fingerprint density at radius 2 is 0.882 bits per heavy atom. The number of carboxylic acids is 2. The molecule has 0 N–H and O–H groups in total. The molecule has 0 atom stereocenters. The van der Waals surface area contributed by atoms with Gasteiger partial charge in [-0.1, -0.05) is 27.7 Å². The second-order valence-corrected chi connectivity index (χ2v) is 3.61. The van der Waals surface area contributed by atoms with E-state index in [0.717, 1.165) is 0 Å². The minimum atomic E-state index is -1.60. The van der Waals surface area contributed by atoms with Crippen molar-refractivity contribution in [2.24, 2.45) is 11.8 Å². The van der Waals surface area contributed by atoms with E-state index in [2.05, 4.69) is 0 Å². The number of ketones is 2. The van der Waals surface area contributed by atoms with Gasteiger partial charge in [-0.2, -0.15) is 0 Å². The first-order valence-corrected chi connectivity index (χ1v) is 4.61. The summed E-state index contributed by atoms with van der Waals surface area (Å²) in [7, 11) is 0. The van der Waals surface area contributed by atoms with Crippen molar-refractivity contribution >= 4 is 23.5 Å². The van der Waals surface area contributed by atoms with E-state index in [4.69, 9.17) is 0 Å². The first-order chi connectivity index (χ1) is 7.11. The van der Waals surface area contributed by atoms with E-state index in [1.165, 1.54) is 27.7 Å². The van der Waals surface area contributed by atoms with Gasteiger partial charge in [-0.25, -0.2) is 0 Å². The van der Waals surface area contributed by atoms with E-state index in [9.17, 15) is 29.4 Å². The van der Waals surface area contributed by atoms with Crippen LogP contribution >= 0.6 is 0 Å². The fourth-order valence-corrected chi connectivity index (χ4v) is 0.471. The van der Waals surface area contributed by atoms with Crippen molar-refractivity contribution in [3.8, 4) is 0 Å². The van der Waals surface area contributed by atoms with Crippen LogP contribution in [0.5, 0.6) is 0 Å². The van der Waals surface area contributed by atoms with Crippen LogP contribution in [0.2, 0.25) is 0 Å². The van der Waals surface area contributed by atoms with Gasteiger partial charge in [0.2, 0.25) is 0 Å². The van der Waals surface area contributed by atoms with Gasteiger partial charge in [0.25, 0.3) is 0 Å². The fourth-order valence-electron chi connectivity index (χ4n) is 0.471. The van der Waals surface area contributed by atoms with Crippen LogP contribution < -0.4 is 10.2 Å². The summed E-state index contributed by atoms with van der Waals surface area (Å²) >= 11 is 0. The quantitative estimate of drug-likeness (QED) is 0.432. The molecular formula is C10H14MnO6. The van der Waals surface area contributed by atoms with Crippen LogP contribution in [0.1, 0.15) is 27.7 Å². The minimum absolute atomic E-state index is 0. The molecule has 0 amide bonds. The van der Waals surface area contributed by atoms with Crippen molar-refractivity contribution in [3.63, 3.8) is 0 Å². The van der Waals surface area contributed by atoms with Gasteiger partial charge in [0.1, 0.15) is 11.9 Å². The van der Waals surface area contributed by atoms with Crippen molar-refractivity contribution < 1.29 is 46.5 Å². The third kappa shape index (κ3) is 11.1. The molecule has 97 valence electrons. The molecule has 0 spiro atoms. The Kier molecular flexibility index (Phi) is 12.4. The van der Waals surface area contributed by atoms with Crippen LogP contribution in [-0.4, -0.2) is 23.5 Å². The number of carboxylic acid groups (broad SMARTS) is 2. The molecule has 0 aliphatic heterocycles. The van der Waals surface area contributed by atoms with E-state index in [1.807, 2.05) is 0 Å². The molecule has 0 aromatic carbocycles. The molecule has 0 bridgehead atoms. The molecule has 7 heteroatoms. The number of carbonyl (C=O) groups excluding carboxylic acids is 4. The maximum Gasteiger partial charge on any atom is 2.00 e. The topological polar surface area (TPSA) is 114 Å². The van der Waals surface area contributed by atoms with Gasteiger partial charge in [-0.05, 0) is 0 Å². The van der Waals surface area contributed by atoms with Gasteiger partial charge in [-0.3, -0.25) is 9.59 Å². The number of aliphatic carboxylic acids is 2. The summed E-state index contributed by atoms with van der Waals surface area (Å²) in [4.78, 5) is 39.7. The van der Waals surface area contributed by atoms with Gasteiger partial charge in [-0.15, -0.1) is 0 Å². The molecule has 0 unspecified atom stereocenters. The summed E-state index contributed by atoms with van der Waals surface area (Å²) in [6.45, 7) is 6.05. The van der Waals surface area contributed by atoms with E-state index < -0.39 is 35.3 Å². The smallest absolute Gasteiger partial charge is 0.542 e. The summed E-state index contributed by atoms with van der Waals surface area (Å²) in [6, 6.07) is 0. The average molecular weight is 285 g/mol. The predicted molar refractivity (Wildman–Crippen MR) is 49.7 cm³/mol. The fraction of sp³-hybridized carbons (Fsp3) is 0.600. The second-order valence-electron chi connectivity index (χ2n) is 3.61. The number of hydrogen-bond acceptors (Lipinski definition) is 6. The zero-order chi connectivity index (χ0) is 13.5. The van der Waals surface area contributed by atoms with Crippen LogP contribution in [0.25, 0.3) is 0 Å². The molecule has 6 nitrogen and oxygen atoms in total. The monoisotopic (exact) mass is 285 g/mol. The zero-order valence-electron chi connectivity index (χ0n) is 9.98. The molecule has 1 radical (unpaired) electrons. The first kappa shape index (κ1) is 21.1. The SMILES string of the molecule is CC(C)C(=O)C(=O)[O-].CC(C)C(=O)C(=O)[O-].[Mn+2]. The van der Waals surface area contributed by atoms with Crippen molar-refractivity contribution in [3.05, 3.63) is 0 Å². The Balaban J connectivity index is -0.000000218. The van der Waals surface area contributed by atoms with E-state index in [0.29, 0.717) is 0 Å². The Labute approximate surface area is 110 Å². The normalized spacial score (nSPS) is 8.82. The number of carbonyl (C=O) groups is 4. The van der Waals surface area contributed by atoms with Gasteiger partial charge < -0.3 is 19.8 Å². The van der Waals surface area contributed by atoms with Crippen LogP contribution in [0.15, 0.2) is 0 Å². The summed E-state index contributed by atoms with van der Waals surface area (Å²) < 4.78 is 0. The molecule has 0 aromatic heterocycles. The van der Waals surface area contributed by atoms with Crippen LogP contribution in [0, 0.1) is 11.8 Å². The van der Waals surface area contributed by atoms with Gasteiger partial charge >= 0.3 is 17.1 Å². The van der Waals surface area contributed by atoms with Gasteiger partial charge in [0, 0.05) is 11.8 Å². The molecule has 0 saturated carbocycles. The molecular weight excluding hydrogens is 271 g/mol. The number of rotatable bonds is 4. The Hall–Kier alpha value is -1.20. The maximum absolute atomic E-state index is 10.2. The Bertz CT molecular complexity index is 265. The first-order valence-electron chi connectivity index (χ1n) is 4.61. The summed E-state index contributed by atoms with van der Waals surface area (Å²) in [5.41, 5.74) is 0. The number of Topliss-reactive ketones (excluding diaryl/α,β-unsaturated/α-hetero) is 2. The molecule has 0 fully saturated rings. The summed E-state index contributed by atoms with van der Waals surface area (Å²) in [5, 5.41) is 19.4. The molecule has 0 aromatic rings. The van der Waals surface area contributed by atoms with Crippen molar-refractivity contribution in [2.45, 2.75) is 27.7 Å². The Morgan fingerprint density at radius 1 is 0.706 bits per heavy atom. The molecule has 0 saturated heterocycles. The average Bonchev–Trinajstić information content (AvgIpc) is 2.15. The van der Waals surface area contributed by atoms with Crippen LogP contribution in [0.4, 0.5) is 0 Å². The van der Waals surface area contributed by atoms with E-state index in [1.54, 1.807) is 0 Å². The van der Waals surface area contributed by atoms with Crippen LogP contribution in [0.3, 0.4) is 0 Å². The minimum Gasteiger partial charge on any atom is -0.542 e. The zero-order valence-corrected chi connectivity index (χ0v) is 11.2. The van der Waals surface area contributed by atoms with Gasteiger partial charge in [0.05, 0.1) is 0 Å². The van der Waals surface area contributed by atoms with Crippen molar-refractivity contribution in [1.29, 1.82) is 0 Å². The van der Waals surface area contributed by atoms with Crippen molar-refractivity contribution in [1.82, 2.24) is 0 Å². The summed E-state index contributed by atoms with van der Waals surface area (Å²) in [6.07, 6.45) is 0. The molecule has 17 heavy (non-hydrogen) atoms. The molecule has 0 heterocycles. The maximum atomic E-state index is 10.2. The van der Waals surface area contributed by atoms with Crippen LogP contribution in [-0.2, 0) is 36.2 Å². The third-order valence-corrected chi connectivity index (χ3v) is 1.45. The largest absolute Gasteiger partial charge is 2.00 e. The Morgan fingerprint density at radius 3 is 0.882 bits per heavy atom. The number of hydrogen-bond donors (Lipinski definition) is 0. The summed E-state index contributed by atoms with van der Waals surface area (Å²) in [5.74, 6) is -5.80. The second kappa shape index (κ2) is 9.99. The van der Waals surface area contributed by atoms with Gasteiger partial charge in [0.15, 0.2) is 11.6 Å². The standard InChI is InChI=1S/2C5H8O3.Mn/c2*1-3(2)4(6)5(7)8;/h2*3H,1-2H3,(H,7,8);/q;;+2/p-2. The molecule has 0 aliphatic rings. The third-order valence-electron chi connectivity index (χ3n) is 1.45. The molecule has 0 rings (SSSR count).